The first kappa shape index (κ1) is 14.5. The fourth-order valence-corrected chi connectivity index (χ4v) is 1.81. The number of benzene rings is 1. The molecule has 1 heterocycles. The van der Waals surface area contributed by atoms with Gasteiger partial charge in [-0.1, -0.05) is 0 Å². The normalized spacial score (nSPS) is 17.8. The Morgan fingerprint density at radius 1 is 1.52 bits per heavy atom. The maximum Gasteiger partial charge on any atom is 0.405 e. The Balaban J connectivity index is 2.17. The van der Waals surface area contributed by atoms with Gasteiger partial charge in [0.2, 0.25) is 0 Å². The molecule has 1 aliphatic heterocycles. The minimum atomic E-state index is -1.42. The van der Waals surface area contributed by atoms with E-state index in [0.717, 1.165) is 12.1 Å². The zero-order valence-corrected chi connectivity index (χ0v) is 10.4. The molecule has 1 aromatic rings. The van der Waals surface area contributed by atoms with E-state index >= 15 is 0 Å². The van der Waals surface area contributed by atoms with Gasteiger partial charge >= 0.3 is 6.09 Å². The number of carbonyl (C=O) groups is 2. The molecule has 1 unspecified atom stereocenters. The van der Waals surface area contributed by atoms with Gasteiger partial charge in [0, 0.05) is 18.6 Å². The zero-order chi connectivity index (χ0) is 15.6. The molecule has 7 nitrogen and oxygen atoms in total. The van der Waals surface area contributed by atoms with E-state index in [2.05, 4.69) is 5.32 Å². The molecule has 0 aliphatic carbocycles. The number of nitrogens with zero attached hydrogens (tertiary/aromatic N) is 1. The van der Waals surface area contributed by atoms with Crippen molar-refractivity contribution >= 4 is 17.7 Å². The van der Waals surface area contributed by atoms with E-state index in [1.165, 1.54) is 0 Å². The van der Waals surface area contributed by atoms with Crippen molar-refractivity contribution < 1.29 is 28.2 Å². The fourth-order valence-electron chi connectivity index (χ4n) is 1.81. The number of carboxylic acid groups (broad SMARTS) is 1. The number of carbonyl (C=O) groups excluding carboxylic acids is 1. The van der Waals surface area contributed by atoms with Gasteiger partial charge in [-0.25, -0.2) is 13.6 Å². The van der Waals surface area contributed by atoms with E-state index in [-0.39, 0.29) is 17.9 Å². The second-order valence-corrected chi connectivity index (χ2v) is 4.23. The number of fused-ring (bicyclic) bond motifs is 1. The van der Waals surface area contributed by atoms with Crippen molar-refractivity contribution in [1.82, 2.24) is 5.32 Å². The number of hydrogen-bond donors (Lipinski definition) is 3. The molecule has 1 aliphatic rings. The molecular weight excluding hydrogens is 288 g/mol. The molecular formula is C12H9F2N3O4. The SMILES string of the molecule is N#C[C@H](CC1Oc2cc(F)c(F)cc2NC1=O)NC(=O)O. The lowest BCUT2D eigenvalue weighted by Crippen LogP contribution is -2.43. The molecule has 2 rings (SSSR count). The lowest BCUT2D eigenvalue weighted by molar-refractivity contribution is -0.123. The van der Waals surface area contributed by atoms with Crippen LogP contribution in [0.2, 0.25) is 0 Å². The van der Waals surface area contributed by atoms with E-state index in [4.69, 9.17) is 15.1 Å². The molecule has 2 atom stereocenters. The van der Waals surface area contributed by atoms with Crippen molar-refractivity contribution in [1.29, 1.82) is 5.26 Å². The summed E-state index contributed by atoms with van der Waals surface area (Å²) in [6.45, 7) is 0. The average molecular weight is 297 g/mol. The van der Waals surface area contributed by atoms with Crippen LogP contribution in [0.15, 0.2) is 12.1 Å². The average Bonchev–Trinajstić information content (AvgIpc) is 2.40. The quantitative estimate of drug-likeness (QED) is 0.776. The summed E-state index contributed by atoms with van der Waals surface area (Å²) in [5.41, 5.74) is -0.0325. The van der Waals surface area contributed by atoms with Gasteiger partial charge in [-0.2, -0.15) is 5.26 Å². The lowest BCUT2D eigenvalue weighted by atomic mass is 10.1. The van der Waals surface area contributed by atoms with Gasteiger partial charge in [0.05, 0.1) is 11.8 Å². The van der Waals surface area contributed by atoms with Crippen molar-refractivity contribution in [2.75, 3.05) is 5.32 Å². The monoisotopic (exact) mass is 297 g/mol. The van der Waals surface area contributed by atoms with Gasteiger partial charge in [-0.3, -0.25) is 4.79 Å². The Labute approximate surface area is 117 Å². The summed E-state index contributed by atoms with van der Waals surface area (Å²) in [5, 5.41) is 21.5. The molecule has 21 heavy (non-hydrogen) atoms. The maximum atomic E-state index is 13.1. The summed E-state index contributed by atoms with van der Waals surface area (Å²) in [5.74, 6) is -3.06. The zero-order valence-electron chi connectivity index (χ0n) is 10.4. The Hall–Kier alpha value is -2.89. The van der Waals surface area contributed by atoms with Crippen molar-refractivity contribution in [2.24, 2.45) is 0 Å². The van der Waals surface area contributed by atoms with Gasteiger partial charge in [-0.05, 0) is 0 Å². The minimum Gasteiger partial charge on any atom is -0.478 e. The Bertz CT molecular complexity index is 644. The molecule has 0 radical (unpaired) electrons. The van der Waals surface area contributed by atoms with Gasteiger partial charge in [0.1, 0.15) is 11.8 Å². The first-order chi connectivity index (χ1) is 9.90. The summed E-state index contributed by atoms with van der Waals surface area (Å²) in [6.07, 6.45) is -2.89. The van der Waals surface area contributed by atoms with Crippen molar-refractivity contribution in [3.05, 3.63) is 23.8 Å². The highest BCUT2D eigenvalue weighted by Gasteiger charge is 2.31. The van der Waals surface area contributed by atoms with Gasteiger partial charge < -0.3 is 20.5 Å². The molecule has 2 amide bonds. The molecule has 0 saturated carbocycles. The second-order valence-electron chi connectivity index (χ2n) is 4.23. The molecule has 9 heteroatoms. The second kappa shape index (κ2) is 5.62. The first-order valence-corrected chi connectivity index (χ1v) is 5.76. The molecule has 0 saturated heterocycles. The number of anilines is 1. The smallest absolute Gasteiger partial charge is 0.405 e. The number of rotatable bonds is 3. The van der Waals surface area contributed by atoms with Crippen LogP contribution in [0, 0.1) is 23.0 Å². The summed E-state index contributed by atoms with van der Waals surface area (Å²) >= 11 is 0. The third kappa shape index (κ3) is 3.17. The number of halogens is 2. The van der Waals surface area contributed by atoms with Crippen LogP contribution in [0.25, 0.3) is 0 Å². The van der Waals surface area contributed by atoms with Gasteiger partial charge in [0.25, 0.3) is 5.91 Å². The number of hydrogen-bond acceptors (Lipinski definition) is 4. The molecule has 0 aromatic heterocycles. The highest BCUT2D eigenvalue weighted by molar-refractivity contribution is 5.97. The predicted octanol–water partition coefficient (Wildman–Crippen LogP) is 1.21. The molecule has 110 valence electrons. The minimum absolute atomic E-state index is 0.0325. The van der Waals surface area contributed by atoms with Crippen LogP contribution in [0.1, 0.15) is 6.42 Å². The summed E-state index contributed by atoms with van der Waals surface area (Å²) < 4.78 is 31.4. The Kier molecular flexibility index (Phi) is 3.89. The summed E-state index contributed by atoms with van der Waals surface area (Å²) in [6, 6.07) is 2.02. The van der Waals surface area contributed by atoms with Crippen LogP contribution in [-0.2, 0) is 4.79 Å². The first-order valence-electron chi connectivity index (χ1n) is 5.76. The van der Waals surface area contributed by atoms with Crippen LogP contribution < -0.4 is 15.4 Å². The third-order valence-electron chi connectivity index (χ3n) is 2.75. The van der Waals surface area contributed by atoms with Crippen LogP contribution in [-0.4, -0.2) is 29.3 Å². The number of ether oxygens (including phenoxy) is 1. The standard InChI is InChI=1S/C12H9F2N3O4/c13-6-2-8-9(3-7(6)14)21-10(11(18)17-8)1-5(4-15)16-12(19)20/h2-3,5,10,16H,1H2,(H,17,18)(H,19,20)/t5-,10?/m0/s1. The van der Waals surface area contributed by atoms with Crippen LogP contribution in [0.5, 0.6) is 5.75 Å². The highest BCUT2D eigenvalue weighted by Crippen LogP contribution is 2.32. The molecule has 0 spiro atoms. The number of amides is 2. The summed E-state index contributed by atoms with van der Waals surface area (Å²) in [7, 11) is 0. The van der Waals surface area contributed by atoms with Crippen LogP contribution in [0.4, 0.5) is 19.3 Å². The predicted molar refractivity (Wildman–Crippen MR) is 64.6 cm³/mol. The maximum absolute atomic E-state index is 13.1. The largest absolute Gasteiger partial charge is 0.478 e. The molecule has 1 aromatic carbocycles. The number of nitriles is 1. The molecule has 0 fully saturated rings. The van der Waals surface area contributed by atoms with E-state index in [0.29, 0.717) is 0 Å². The van der Waals surface area contributed by atoms with E-state index in [9.17, 15) is 18.4 Å². The third-order valence-corrected chi connectivity index (χ3v) is 2.75. The lowest BCUT2D eigenvalue weighted by Gasteiger charge is -2.27. The van der Waals surface area contributed by atoms with E-state index < -0.39 is 35.8 Å². The molecule has 3 N–H and O–H groups in total. The van der Waals surface area contributed by atoms with E-state index in [1.54, 1.807) is 6.07 Å². The van der Waals surface area contributed by atoms with E-state index in [1.807, 2.05) is 5.32 Å². The van der Waals surface area contributed by atoms with Crippen molar-refractivity contribution in [2.45, 2.75) is 18.6 Å². The van der Waals surface area contributed by atoms with Crippen LogP contribution in [0.3, 0.4) is 0 Å². The Morgan fingerprint density at radius 2 is 2.19 bits per heavy atom. The molecule has 0 bridgehead atoms. The number of nitrogens with one attached hydrogen (secondary N) is 2. The van der Waals surface area contributed by atoms with Crippen molar-refractivity contribution in [3.8, 4) is 11.8 Å². The van der Waals surface area contributed by atoms with Gasteiger partial charge in [0.15, 0.2) is 17.7 Å². The Morgan fingerprint density at radius 3 is 2.81 bits per heavy atom. The van der Waals surface area contributed by atoms with Gasteiger partial charge in [-0.15, -0.1) is 0 Å². The van der Waals surface area contributed by atoms with Crippen LogP contribution >= 0.6 is 0 Å². The van der Waals surface area contributed by atoms with Crippen molar-refractivity contribution in [3.63, 3.8) is 0 Å². The highest BCUT2D eigenvalue weighted by atomic mass is 19.2. The fraction of sp³-hybridized carbons (Fsp3) is 0.250. The topological polar surface area (TPSA) is 111 Å². The summed E-state index contributed by atoms with van der Waals surface area (Å²) in [4.78, 5) is 22.2.